The van der Waals surface area contributed by atoms with Gasteiger partial charge in [-0.3, -0.25) is 4.79 Å². The third kappa shape index (κ3) is 3.83. The van der Waals surface area contributed by atoms with Crippen LogP contribution in [0.5, 0.6) is 5.75 Å². The summed E-state index contributed by atoms with van der Waals surface area (Å²) in [5.74, 6) is -0.382. The van der Waals surface area contributed by atoms with Crippen LogP contribution in [0.25, 0.3) is 0 Å². The van der Waals surface area contributed by atoms with Crippen molar-refractivity contribution in [3.8, 4) is 5.75 Å². The van der Waals surface area contributed by atoms with Gasteiger partial charge in [-0.25, -0.2) is 4.79 Å². The highest BCUT2D eigenvalue weighted by atomic mass is 35.5. The average Bonchev–Trinajstić information content (AvgIpc) is 3.04. The molecule has 5 nitrogen and oxygen atoms in total. The molecule has 120 valence electrons. The lowest BCUT2D eigenvalue weighted by Crippen LogP contribution is -2.12. The molecule has 24 heavy (non-hydrogen) atoms. The molecule has 0 spiro atoms. The molecule has 2 aromatic carbocycles. The lowest BCUT2D eigenvalue weighted by atomic mass is 10.2. The fourth-order valence-corrected chi connectivity index (χ4v) is 2.21. The van der Waals surface area contributed by atoms with Gasteiger partial charge in [0.25, 0.3) is 5.91 Å². The van der Waals surface area contributed by atoms with Gasteiger partial charge in [-0.2, -0.15) is 0 Å². The Labute approximate surface area is 143 Å². The van der Waals surface area contributed by atoms with Crippen molar-refractivity contribution in [2.24, 2.45) is 0 Å². The smallest absolute Gasteiger partial charge is 0.360 e. The zero-order chi connectivity index (χ0) is 16.9. The number of amides is 1. The number of hydrogen-bond acceptors (Lipinski definition) is 3. The summed E-state index contributed by atoms with van der Waals surface area (Å²) in [5.41, 5.74) is 1.43. The number of aromatic amines is 1. The number of aromatic nitrogens is 1. The molecule has 0 aliphatic rings. The molecule has 0 saturated carbocycles. The van der Waals surface area contributed by atoms with Gasteiger partial charge in [-0.1, -0.05) is 29.8 Å². The van der Waals surface area contributed by atoms with E-state index < -0.39 is 5.97 Å². The fraction of sp³-hybridized carbons (Fsp3) is 0. The standard InChI is InChI=1S/C18H13ClN2O3/c19-13-10-16(20-11-13)18(23)24-15-8-6-14(7-9-15)21-17(22)12-4-2-1-3-5-12/h1-11,20H,(H,21,22). The number of carbonyl (C=O) groups excluding carboxylic acids is 2. The molecule has 3 rings (SSSR count). The van der Waals surface area contributed by atoms with Crippen LogP contribution in [-0.4, -0.2) is 16.9 Å². The van der Waals surface area contributed by atoms with Crippen molar-refractivity contribution in [1.29, 1.82) is 0 Å². The van der Waals surface area contributed by atoms with Gasteiger partial charge in [0, 0.05) is 17.4 Å². The molecular weight excluding hydrogens is 328 g/mol. The number of nitrogens with one attached hydrogen (secondary N) is 2. The van der Waals surface area contributed by atoms with E-state index in [1.54, 1.807) is 48.5 Å². The van der Waals surface area contributed by atoms with Crippen LogP contribution in [0.2, 0.25) is 5.02 Å². The molecule has 0 fully saturated rings. The number of hydrogen-bond donors (Lipinski definition) is 2. The molecule has 0 unspecified atom stereocenters. The Morgan fingerprint density at radius 1 is 1.00 bits per heavy atom. The highest BCUT2D eigenvalue weighted by molar-refractivity contribution is 6.30. The zero-order valence-corrected chi connectivity index (χ0v) is 13.2. The largest absolute Gasteiger partial charge is 0.422 e. The summed E-state index contributed by atoms with van der Waals surface area (Å²) >= 11 is 5.75. The first-order valence-electron chi connectivity index (χ1n) is 7.14. The third-order valence-corrected chi connectivity index (χ3v) is 3.44. The van der Waals surface area contributed by atoms with Crippen molar-refractivity contribution >= 4 is 29.2 Å². The maximum absolute atomic E-state index is 12.1. The van der Waals surface area contributed by atoms with E-state index in [0.29, 0.717) is 22.0 Å². The van der Waals surface area contributed by atoms with Gasteiger partial charge in [-0.15, -0.1) is 0 Å². The number of rotatable bonds is 4. The Morgan fingerprint density at radius 3 is 2.33 bits per heavy atom. The maximum Gasteiger partial charge on any atom is 0.360 e. The molecule has 0 aliphatic carbocycles. The first-order valence-corrected chi connectivity index (χ1v) is 7.52. The second-order valence-corrected chi connectivity index (χ2v) is 5.40. The Balaban J connectivity index is 1.63. The fourth-order valence-electron chi connectivity index (χ4n) is 2.05. The molecule has 2 N–H and O–H groups in total. The monoisotopic (exact) mass is 340 g/mol. The molecule has 0 radical (unpaired) electrons. The summed E-state index contributed by atoms with van der Waals surface area (Å²) in [7, 11) is 0. The van der Waals surface area contributed by atoms with Gasteiger partial charge in [0.15, 0.2) is 0 Å². The first-order chi connectivity index (χ1) is 11.6. The quantitative estimate of drug-likeness (QED) is 0.554. The van der Waals surface area contributed by atoms with E-state index in [1.165, 1.54) is 12.3 Å². The van der Waals surface area contributed by atoms with Crippen LogP contribution < -0.4 is 10.1 Å². The van der Waals surface area contributed by atoms with E-state index >= 15 is 0 Å². The number of carbonyl (C=O) groups is 2. The van der Waals surface area contributed by atoms with Gasteiger partial charge in [0.1, 0.15) is 11.4 Å². The third-order valence-electron chi connectivity index (χ3n) is 3.23. The molecule has 0 atom stereocenters. The first kappa shape index (κ1) is 15.8. The average molecular weight is 341 g/mol. The Kier molecular flexibility index (Phi) is 4.63. The summed E-state index contributed by atoms with van der Waals surface area (Å²) in [6.45, 7) is 0. The second-order valence-electron chi connectivity index (χ2n) is 4.97. The van der Waals surface area contributed by atoms with Crippen LogP contribution >= 0.6 is 11.6 Å². The van der Waals surface area contributed by atoms with E-state index in [-0.39, 0.29) is 11.6 Å². The van der Waals surface area contributed by atoms with Crippen LogP contribution in [0.4, 0.5) is 5.69 Å². The van der Waals surface area contributed by atoms with Crippen LogP contribution in [0, 0.1) is 0 Å². The van der Waals surface area contributed by atoms with Crippen LogP contribution in [0.1, 0.15) is 20.8 Å². The Bertz CT molecular complexity index is 857. The lowest BCUT2D eigenvalue weighted by molar-refractivity contribution is 0.0729. The zero-order valence-electron chi connectivity index (χ0n) is 12.5. The van der Waals surface area contributed by atoms with Crippen molar-refractivity contribution in [3.63, 3.8) is 0 Å². The number of H-pyrrole nitrogens is 1. The predicted molar refractivity (Wildman–Crippen MR) is 91.6 cm³/mol. The number of ether oxygens (including phenoxy) is 1. The van der Waals surface area contributed by atoms with Gasteiger partial charge in [-0.05, 0) is 42.5 Å². The topological polar surface area (TPSA) is 71.2 Å². The SMILES string of the molecule is O=C(Nc1ccc(OC(=O)c2cc(Cl)c[nH]2)cc1)c1ccccc1. The molecule has 3 aromatic rings. The van der Waals surface area contributed by atoms with Crippen LogP contribution in [0.15, 0.2) is 66.9 Å². The summed E-state index contributed by atoms with van der Waals surface area (Å²) in [6.07, 6.45) is 1.50. The second kappa shape index (κ2) is 7.02. The van der Waals surface area contributed by atoms with E-state index in [1.807, 2.05) is 6.07 Å². The molecule has 0 saturated heterocycles. The van der Waals surface area contributed by atoms with Crippen LogP contribution in [0.3, 0.4) is 0 Å². The van der Waals surface area contributed by atoms with E-state index in [2.05, 4.69) is 10.3 Å². The van der Waals surface area contributed by atoms with Crippen molar-refractivity contribution < 1.29 is 14.3 Å². The normalized spacial score (nSPS) is 10.2. The lowest BCUT2D eigenvalue weighted by Gasteiger charge is -2.07. The van der Waals surface area contributed by atoms with Crippen molar-refractivity contribution in [2.45, 2.75) is 0 Å². The van der Waals surface area contributed by atoms with Gasteiger partial charge in [0.2, 0.25) is 0 Å². The molecular formula is C18H13ClN2O3. The minimum atomic E-state index is -0.539. The minimum absolute atomic E-state index is 0.207. The van der Waals surface area contributed by atoms with E-state index in [4.69, 9.17) is 16.3 Å². The Hall–Kier alpha value is -3.05. The molecule has 6 heteroatoms. The number of esters is 1. The maximum atomic E-state index is 12.1. The molecule has 1 heterocycles. The molecule has 0 bridgehead atoms. The highest BCUT2D eigenvalue weighted by Gasteiger charge is 2.11. The number of benzene rings is 2. The van der Waals surface area contributed by atoms with Gasteiger partial charge in [0.05, 0.1) is 5.02 Å². The van der Waals surface area contributed by atoms with Gasteiger partial charge >= 0.3 is 5.97 Å². The number of halogens is 1. The summed E-state index contributed by atoms with van der Waals surface area (Å²) in [6, 6.07) is 16.9. The van der Waals surface area contributed by atoms with Gasteiger partial charge < -0.3 is 15.0 Å². The van der Waals surface area contributed by atoms with Crippen molar-refractivity contribution in [1.82, 2.24) is 4.98 Å². The Morgan fingerprint density at radius 2 is 1.71 bits per heavy atom. The molecule has 1 aromatic heterocycles. The van der Waals surface area contributed by atoms with E-state index in [9.17, 15) is 9.59 Å². The predicted octanol–water partition coefficient (Wildman–Crippen LogP) is 4.14. The van der Waals surface area contributed by atoms with Crippen molar-refractivity contribution in [3.05, 3.63) is 83.1 Å². The van der Waals surface area contributed by atoms with E-state index in [0.717, 1.165) is 0 Å². The molecule has 1 amide bonds. The summed E-state index contributed by atoms with van der Waals surface area (Å²) < 4.78 is 5.22. The van der Waals surface area contributed by atoms with Crippen LogP contribution in [-0.2, 0) is 0 Å². The molecule has 0 aliphatic heterocycles. The summed E-state index contributed by atoms with van der Waals surface area (Å²) in [4.78, 5) is 26.7. The minimum Gasteiger partial charge on any atom is -0.422 e. The van der Waals surface area contributed by atoms with Crippen molar-refractivity contribution in [2.75, 3.05) is 5.32 Å². The highest BCUT2D eigenvalue weighted by Crippen LogP contribution is 2.18. The summed E-state index contributed by atoms with van der Waals surface area (Å²) in [5, 5.41) is 3.20. The number of anilines is 1.